The first-order valence-electron chi connectivity index (χ1n) is 23.9. The highest BCUT2D eigenvalue weighted by atomic mass is 16.3. The number of nitrogens with zero attached hydrogens (tertiary/aromatic N) is 6. The molecule has 0 aliphatic heterocycles. The van der Waals surface area contributed by atoms with Gasteiger partial charge in [0.05, 0.1) is 27.6 Å². The summed E-state index contributed by atoms with van der Waals surface area (Å²) in [6, 6.07) is 77.4. The molecular weight excluding hydrogens is 885 g/mol. The van der Waals surface area contributed by atoms with Crippen LogP contribution in [-0.4, -0.2) is 24.1 Å². The van der Waals surface area contributed by atoms with Crippen LogP contribution in [0.1, 0.15) is 5.56 Å². The smallest absolute Gasteiger partial charge is 0.164 e. The number of hydrogen-bond donors (Lipinski definition) is 0. The largest absolute Gasteiger partial charge is 0.456 e. The zero-order chi connectivity index (χ0) is 47.4. The summed E-state index contributed by atoms with van der Waals surface area (Å²) in [7, 11) is 0. The molecule has 0 radical (unpaired) electrons. The van der Waals surface area contributed by atoms with Gasteiger partial charge in [-0.25, -0.2) is 15.0 Å². The molecule has 8 nitrogen and oxygen atoms in total. The lowest BCUT2D eigenvalue weighted by Gasteiger charge is -2.14. The fourth-order valence-corrected chi connectivity index (χ4v) is 11.1. The monoisotopic (exact) mass is 920 g/mol. The lowest BCUT2D eigenvalue weighted by Crippen LogP contribution is -2.03. The fraction of sp³-hybridized carbons (Fsp3) is 0. The maximum absolute atomic E-state index is 11.5. The van der Waals surface area contributed by atoms with Crippen molar-refractivity contribution >= 4 is 87.5 Å². The quantitative estimate of drug-likeness (QED) is 0.165. The van der Waals surface area contributed by atoms with Crippen LogP contribution in [0.25, 0.3) is 144 Å². The number of fused-ring (bicyclic) bond motifs is 13. The predicted molar refractivity (Wildman–Crippen MR) is 290 cm³/mol. The molecule has 0 N–H and O–H groups in total. The Kier molecular flexibility index (Phi) is 8.55. The van der Waals surface area contributed by atoms with Crippen LogP contribution >= 0.6 is 0 Å². The van der Waals surface area contributed by atoms with Crippen molar-refractivity contribution in [1.29, 1.82) is 5.26 Å². The third-order valence-electron chi connectivity index (χ3n) is 14.2. The van der Waals surface area contributed by atoms with E-state index < -0.39 is 0 Å². The average Bonchev–Trinajstić information content (AvgIpc) is 4.21. The Morgan fingerprint density at radius 1 is 0.361 bits per heavy atom. The van der Waals surface area contributed by atoms with Crippen molar-refractivity contribution in [2.45, 2.75) is 0 Å². The molecular formula is C64H36N6O2. The van der Waals surface area contributed by atoms with Crippen LogP contribution in [-0.2, 0) is 0 Å². The molecule has 15 rings (SSSR count). The Labute approximate surface area is 410 Å². The van der Waals surface area contributed by atoms with E-state index in [0.717, 1.165) is 104 Å². The fourth-order valence-electron chi connectivity index (χ4n) is 11.1. The average molecular weight is 921 g/mol. The first-order chi connectivity index (χ1) is 35.7. The van der Waals surface area contributed by atoms with Crippen LogP contribution in [0.15, 0.2) is 227 Å². The molecule has 8 heteroatoms. The minimum Gasteiger partial charge on any atom is -0.456 e. The molecule has 15 aromatic rings. The minimum atomic E-state index is 0.409. The highest BCUT2D eigenvalue weighted by Crippen LogP contribution is 2.48. The molecule has 0 fully saturated rings. The second kappa shape index (κ2) is 15.5. The van der Waals surface area contributed by atoms with Gasteiger partial charge >= 0.3 is 0 Å². The first kappa shape index (κ1) is 39.9. The Hall–Kier alpha value is -10.1. The lowest BCUT2D eigenvalue weighted by molar-refractivity contribution is 0.666. The predicted octanol–water partition coefficient (Wildman–Crippen LogP) is 16.4. The van der Waals surface area contributed by atoms with Crippen LogP contribution in [0.2, 0.25) is 0 Å². The summed E-state index contributed by atoms with van der Waals surface area (Å²) in [6.45, 7) is 0. The zero-order valence-electron chi connectivity index (χ0n) is 38.3. The van der Waals surface area contributed by atoms with Crippen molar-refractivity contribution in [3.8, 4) is 62.7 Å². The van der Waals surface area contributed by atoms with Crippen LogP contribution in [0.4, 0.5) is 0 Å². The van der Waals surface area contributed by atoms with Gasteiger partial charge in [0.15, 0.2) is 23.1 Å². The van der Waals surface area contributed by atoms with Gasteiger partial charge in [-0.2, -0.15) is 5.26 Å². The molecule has 0 unspecified atom stereocenters. The third-order valence-corrected chi connectivity index (χ3v) is 14.2. The molecule has 0 saturated carbocycles. The third kappa shape index (κ3) is 5.89. The molecule has 0 atom stereocenters. The molecule has 0 aliphatic carbocycles. The molecule has 0 aliphatic rings. The van der Waals surface area contributed by atoms with Gasteiger partial charge in [0.1, 0.15) is 28.5 Å². The number of aromatic nitrogens is 5. The summed E-state index contributed by atoms with van der Waals surface area (Å²) in [6.07, 6.45) is 0. The number of hydrogen-bond acceptors (Lipinski definition) is 6. The van der Waals surface area contributed by atoms with Crippen molar-refractivity contribution in [3.63, 3.8) is 0 Å². The summed E-state index contributed by atoms with van der Waals surface area (Å²) < 4.78 is 17.9. The normalized spacial score (nSPS) is 11.9. The van der Waals surface area contributed by atoms with Gasteiger partial charge in [-0.3, -0.25) is 0 Å². The van der Waals surface area contributed by atoms with Crippen LogP contribution < -0.4 is 0 Å². The summed E-state index contributed by atoms with van der Waals surface area (Å²) in [4.78, 5) is 15.4. The van der Waals surface area contributed by atoms with E-state index in [-0.39, 0.29) is 0 Å². The van der Waals surface area contributed by atoms with E-state index in [1.165, 1.54) is 0 Å². The number of para-hydroxylation sites is 4. The van der Waals surface area contributed by atoms with E-state index in [0.29, 0.717) is 45.5 Å². The Morgan fingerprint density at radius 2 is 0.875 bits per heavy atom. The number of furan rings is 2. The standard InChI is InChI=1S/C64H36N6O2/c65-37-42-36-49(64-67-62(38-16-4-1-5-17-38)66-63(68-64)39-18-6-2-7-19-39)57-46-24-12-15-27-55(46)72-61(57)60(42)70-51-30-28-40(41-29-33-56-47(34-41)44-22-11-14-26-54(44)71-56)35-48(51)59-53(70)32-31-52-58(59)45-23-10-13-25-50(45)69(52)43-20-8-3-9-21-43/h1-36H. The van der Waals surface area contributed by atoms with Crippen molar-refractivity contribution in [2.75, 3.05) is 0 Å². The molecule has 0 bridgehead atoms. The maximum atomic E-state index is 11.5. The van der Waals surface area contributed by atoms with E-state index in [1.807, 2.05) is 97.1 Å². The van der Waals surface area contributed by atoms with Gasteiger partial charge < -0.3 is 18.0 Å². The molecule has 5 heterocycles. The van der Waals surface area contributed by atoms with E-state index in [2.05, 4.69) is 137 Å². The number of rotatable bonds is 6. The summed E-state index contributed by atoms with van der Waals surface area (Å²) in [5.74, 6) is 1.49. The molecule has 72 heavy (non-hydrogen) atoms. The topological polar surface area (TPSA) is 98.6 Å². The van der Waals surface area contributed by atoms with Crippen molar-refractivity contribution < 1.29 is 8.83 Å². The SMILES string of the molecule is N#Cc1cc(-c2nc(-c3ccccc3)nc(-c3ccccc3)n2)c2c(oc3ccccc32)c1-n1c2ccc(-c3ccc4oc5ccccc5c4c3)cc2c2c3c4ccccc4n(-c4ccccc4)c3ccc21. The Morgan fingerprint density at radius 3 is 1.58 bits per heavy atom. The number of benzene rings is 10. The molecule has 0 saturated heterocycles. The number of nitriles is 1. The van der Waals surface area contributed by atoms with E-state index in [4.69, 9.17) is 23.8 Å². The van der Waals surface area contributed by atoms with Gasteiger partial charge in [0.2, 0.25) is 0 Å². The van der Waals surface area contributed by atoms with Gasteiger partial charge in [-0.05, 0) is 83.9 Å². The zero-order valence-corrected chi connectivity index (χ0v) is 38.3. The highest BCUT2D eigenvalue weighted by Gasteiger charge is 2.28. The minimum absolute atomic E-state index is 0.409. The van der Waals surface area contributed by atoms with Gasteiger partial charge in [0.25, 0.3) is 0 Å². The molecule has 10 aromatic carbocycles. The van der Waals surface area contributed by atoms with Gasteiger partial charge in [-0.1, -0.05) is 146 Å². The van der Waals surface area contributed by atoms with Crippen LogP contribution in [0, 0.1) is 11.3 Å². The second-order valence-electron chi connectivity index (χ2n) is 18.2. The summed E-state index contributed by atoms with van der Waals surface area (Å²) in [5.41, 5.74) is 13.6. The first-order valence-corrected chi connectivity index (χ1v) is 23.9. The van der Waals surface area contributed by atoms with E-state index >= 15 is 0 Å². The Balaban J connectivity index is 1.06. The Bertz CT molecular complexity index is 4690. The van der Waals surface area contributed by atoms with Crippen molar-refractivity contribution in [3.05, 3.63) is 224 Å². The van der Waals surface area contributed by atoms with Crippen LogP contribution in [0.5, 0.6) is 0 Å². The van der Waals surface area contributed by atoms with Gasteiger partial charge in [-0.15, -0.1) is 0 Å². The van der Waals surface area contributed by atoms with E-state index in [9.17, 15) is 5.26 Å². The van der Waals surface area contributed by atoms with Crippen molar-refractivity contribution in [1.82, 2.24) is 24.1 Å². The van der Waals surface area contributed by atoms with E-state index in [1.54, 1.807) is 0 Å². The molecule has 334 valence electrons. The summed E-state index contributed by atoms with van der Waals surface area (Å²) in [5, 5.41) is 19.7. The molecule has 5 aromatic heterocycles. The van der Waals surface area contributed by atoms with Crippen LogP contribution in [0.3, 0.4) is 0 Å². The van der Waals surface area contributed by atoms with Gasteiger partial charge in [0, 0.05) is 65.5 Å². The lowest BCUT2D eigenvalue weighted by atomic mass is 9.99. The highest BCUT2D eigenvalue weighted by molar-refractivity contribution is 6.30. The molecule has 0 amide bonds. The maximum Gasteiger partial charge on any atom is 0.164 e. The molecule has 0 spiro atoms. The van der Waals surface area contributed by atoms with Crippen molar-refractivity contribution in [2.24, 2.45) is 0 Å². The second-order valence-corrected chi connectivity index (χ2v) is 18.2. The summed E-state index contributed by atoms with van der Waals surface area (Å²) >= 11 is 0.